The zero-order valence-electron chi connectivity index (χ0n) is 19.3. The van der Waals surface area contributed by atoms with Crippen molar-refractivity contribution in [3.63, 3.8) is 0 Å². The molecule has 2 aromatic heterocycles. The Morgan fingerprint density at radius 1 is 0.947 bits per heavy atom. The third-order valence-corrected chi connectivity index (χ3v) is 7.27. The number of aliphatic imine (C=N–C) groups is 1. The van der Waals surface area contributed by atoms with Crippen molar-refractivity contribution in [2.75, 3.05) is 0 Å². The van der Waals surface area contributed by atoms with Gasteiger partial charge in [-0.15, -0.1) is 0 Å². The molecule has 7 nitrogen and oxygen atoms in total. The molecule has 0 aliphatic carbocycles. The number of amidine groups is 1. The van der Waals surface area contributed by atoms with Crippen molar-refractivity contribution in [1.82, 2.24) is 13.9 Å². The van der Waals surface area contributed by atoms with Gasteiger partial charge in [0.1, 0.15) is 29.0 Å². The molecule has 0 amide bonds. The Hall–Kier alpha value is -4.20. The topological polar surface area (TPSA) is 103 Å². The van der Waals surface area contributed by atoms with E-state index in [4.69, 9.17) is 5.73 Å². The van der Waals surface area contributed by atoms with Gasteiger partial charge in [-0.3, -0.25) is 4.99 Å². The van der Waals surface area contributed by atoms with Gasteiger partial charge in [-0.1, -0.05) is 6.07 Å². The molecule has 198 valence electrons. The molecule has 14 heteroatoms. The molecule has 0 atom stereocenters. The number of hydrogen-bond acceptors (Lipinski definition) is 5. The molecule has 0 bridgehead atoms. The van der Waals surface area contributed by atoms with E-state index in [-0.39, 0.29) is 33.0 Å². The van der Waals surface area contributed by atoms with Crippen LogP contribution < -0.4 is 5.73 Å². The van der Waals surface area contributed by atoms with Crippen molar-refractivity contribution in [2.45, 2.75) is 24.5 Å². The van der Waals surface area contributed by atoms with Crippen LogP contribution in [0.1, 0.15) is 22.8 Å². The summed E-state index contributed by atoms with van der Waals surface area (Å²) >= 11 is 0. The Morgan fingerprint density at radius 2 is 1.58 bits per heavy atom. The quantitative estimate of drug-likeness (QED) is 0.209. The predicted molar refractivity (Wildman–Crippen MR) is 125 cm³/mol. The zero-order chi connectivity index (χ0) is 27.8. The maximum absolute atomic E-state index is 14.5. The van der Waals surface area contributed by atoms with Gasteiger partial charge in [-0.25, -0.2) is 35.5 Å². The van der Waals surface area contributed by atoms with Crippen molar-refractivity contribution < 1.29 is 34.8 Å². The van der Waals surface area contributed by atoms with Crippen LogP contribution in [0.25, 0.3) is 11.1 Å². The summed E-state index contributed by atoms with van der Waals surface area (Å²) in [7, 11) is -4.41. The fraction of sp³-hybridized carbons (Fsp3) is 0.125. The summed E-state index contributed by atoms with van der Waals surface area (Å²) in [5, 5.41) is 0. The molecule has 0 saturated heterocycles. The maximum Gasteiger partial charge on any atom is 0.451 e. The minimum Gasteiger partial charge on any atom is -0.382 e. The summed E-state index contributed by atoms with van der Waals surface area (Å²) < 4.78 is 107. The van der Waals surface area contributed by atoms with Gasteiger partial charge < -0.3 is 5.73 Å². The second-order valence-corrected chi connectivity index (χ2v) is 9.77. The van der Waals surface area contributed by atoms with Crippen LogP contribution in [0.3, 0.4) is 0 Å². The van der Waals surface area contributed by atoms with Crippen molar-refractivity contribution in [2.24, 2.45) is 10.7 Å². The van der Waals surface area contributed by atoms with Crippen LogP contribution in [0.15, 0.2) is 70.8 Å². The van der Waals surface area contributed by atoms with Gasteiger partial charge >= 0.3 is 6.18 Å². The number of rotatable bonds is 6. The largest absolute Gasteiger partial charge is 0.451 e. The molecule has 0 aliphatic rings. The summed E-state index contributed by atoms with van der Waals surface area (Å²) in [5.41, 5.74) is 5.75. The normalized spacial score (nSPS) is 12.7. The number of nitrogens with two attached hydrogens (primary N) is 1. The van der Waals surface area contributed by atoms with E-state index in [2.05, 4.69) is 15.0 Å². The Kier molecular flexibility index (Phi) is 7.02. The molecule has 0 spiro atoms. The Balaban J connectivity index is 1.67. The summed E-state index contributed by atoms with van der Waals surface area (Å²) in [6, 6.07) is 8.36. The SMILES string of the molecule is Cc1c(F)cc(C(N)=NCc2cc(-c3cnc(C(F)(F)F)nc3)ccc2F)n1S(=O)(=O)c1ccc(F)cc1. The van der Waals surface area contributed by atoms with E-state index in [9.17, 15) is 34.8 Å². The lowest BCUT2D eigenvalue weighted by Crippen LogP contribution is -2.24. The lowest BCUT2D eigenvalue weighted by atomic mass is 10.1. The third kappa shape index (κ3) is 5.25. The Morgan fingerprint density at radius 3 is 2.18 bits per heavy atom. The van der Waals surface area contributed by atoms with Crippen molar-refractivity contribution in [3.8, 4) is 11.1 Å². The molecule has 0 saturated carbocycles. The van der Waals surface area contributed by atoms with E-state index in [1.54, 1.807) is 0 Å². The number of halogens is 6. The molecular weight excluding hydrogens is 536 g/mol. The first-order valence-electron chi connectivity index (χ1n) is 10.7. The first kappa shape index (κ1) is 26.9. The predicted octanol–water partition coefficient (Wildman–Crippen LogP) is 4.83. The van der Waals surface area contributed by atoms with Gasteiger partial charge in [0.2, 0.25) is 5.82 Å². The molecule has 4 rings (SSSR count). The fourth-order valence-corrected chi connectivity index (χ4v) is 5.05. The molecule has 2 heterocycles. The summed E-state index contributed by atoms with van der Waals surface area (Å²) in [4.78, 5) is 10.2. The van der Waals surface area contributed by atoms with Crippen LogP contribution in [0.4, 0.5) is 26.3 Å². The molecule has 0 unspecified atom stereocenters. The van der Waals surface area contributed by atoms with Gasteiger partial charge in [0, 0.05) is 29.6 Å². The molecular formula is C24H17F6N5O2S. The minimum absolute atomic E-state index is 0.0398. The monoisotopic (exact) mass is 553 g/mol. The number of nitrogens with zero attached hydrogens (tertiary/aromatic N) is 4. The van der Waals surface area contributed by atoms with Crippen LogP contribution in [0.5, 0.6) is 0 Å². The molecule has 0 radical (unpaired) electrons. The van der Waals surface area contributed by atoms with Crippen LogP contribution in [0.2, 0.25) is 0 Å². The van der Waals surface area contributed by atoms with Crippen LogP contribution in [-0.4, -0.2) is 28.2 Å². The lowest BCUT2D eigenvalue weighted by Gasteiger charge is -2.12. The number of benzene rings is 2. The van der Waals surface area contributed by atoms with Crippen LogP contribution in [-0.2, 0) is 22.7 Å². The molecule has 0 fully saturated rings. The lowest BCUT2D eigenvalue weighted by molar-refractivity contribution is -0.144. The van der Waals surface area contributed by atoms with Gasteiger partial charge in [0.15, 0.2) is 0 Å². The average Bonchev–Trinajstić information content (AvgIpc) is 3.18. The second-order valence-electron chi connectivity index (χ2n) is 7.99. The van der Waals surface area contributed by atoms with Crippen LogP contribution in [0, 0.1) is 24.4 Å². The van der Waals surface area contributed by atoms with Crippen LogP contribution >= 0.6 is 0 Å². The maximum atomic E-state index is 14.5. The second kappa shape index (κ2) is 9.93. The molecule has 0 aliphatic heterocycles. The number of hydrogen-bond donors (Lipinski definition) is 1. The average molecular weight is 553 g/mol. The standard InChI is InChI=1S/C24H17F6N5O2S/c1-13-20(27)9-21(35(13)38(36,37)18-5-3-17(25)4-6-18)22(31)32-10-15-8-14(2-7-19(15)26)16-11-33-23(34-12-16)24(28,29)30/h2-9,11-12H,10H2,1H3,(H2,31,32). The molecule has 4 aromatic rings. The van der Waals surface area contributed by atoms with Crippen molar-refractivity contribution >= 4 is 15.9 Å². The van der Waals surface area contributed by atoms with E-state index in [0.29, 0.717) is 3.97 Å². The number of alkyl halides is 3. The van der Waals surface area contributed by atoms with E-state index in [1.807, 2.05) is 0 Å². The van der Waals surface area contributed by atoms with E-state index in [0.717, 1.165) is 48.8 Å². The Labute approximate surface area is 212 Å². The summed E-state index contributed by atoms with van der Waals surface area (Å²) in [6.45, 7) is 0.776. The summed E-state index contributed by atoms with van der Waals surface area (Å²) in [5.74, 6) is -4.07. The third-order valence-electron chi connectivity index (χ3n) is 5.45. The Bertz CT molecular complexity index is 1630. The first-order chi connectivity index (χ1) is 17.8. The fourth-order valence-electron chi connectivity index (χ4n) is 3.51. The highest BCUT2D eigenvalue weighted by atomic mass is 32.2. The molecule has 2 N–H and O–H groups in total. The number of aromatic nitrogens is 3. The highest BCUT2D eigenvalue weighted by molar-refractivity contribution is 7.90. The smallest absolute Gasteiger partial charge is 0.382 e. The molecule has 2 aromatic carbocycles. The van der Waals surface area contributed by atoms with Crippen molar-refractivity contribution in [1.29, 1.82) is 0 Å². The van der Waals surface area contributed by atoms with Gasteiger partial charge in [0.05, 0.1) is 17.1 Å². The van der Waals surface area contributed by atoms with Crippen molar-refractivity contribution in [3.05, 3.63) is 101 Å². The minimum atomic E-state index is -4.72. The van der Waals surface area contributed by atoms with E-state index in [1.165, 1.54) is 19.1 Å². The van der Waals surface area contributed by atoms with Gasteiger partial charge in [-0.05, 0) is 48.9 Å². The highest BCUT2D eigenvalue weighted by Crippen LogP contribution is 2.28. The van der Waals surface area contributed by atoms with E-state index < -0.39 is 51.9 Å². The zero-order valence-corrected chi connectivity index (χ0v) is 20.2. The first-order valence-corrected chi connectivity index (χ1v) is 12.1. The van der Waals surface area contributed by atoms with Gasteiger partial charge in [-0.2, -0.15) is 13.2 Å². The van der Waals surface area contributed by atoms with Gasteiger partial charge in [0.25, 0.3) is 10.0 Å². The molecule has 38 heavy (non-hydrogen) atoms. The highest BCUT2D eigenvalue weighted by Gasteiger charge is 2.34. The summed E-state index contributed by atoms with van der Waals surface area (Å²) in [6.07, 6.45) is -2.86. The van der Waals surface area contributed by atoms with E-state index >= 15 is 0 Å².